The fraction of sp³-hybridized carbons (Fsp3) is 0.0526. The van der Waals surface area contributed by atoms with Crippen molar-refractivity contribution in [1.29, 1.82) is 5.26 Å². The largest absolute Gasteiger partial charge is 0.325 e. The molecule has 0 bridgehead atoms. The number of nitriles is 1. The highest BCUT2D eigenvalue weighted by atomic mass is 16.1. The molecule has 0 saturated heterocycles. The number of nitrogens with zero attached hydrogens (tertiary/aromatic N) is 1. The van der Waals surface area contributed by atoms with E-state index in [9.17, 15) is 10.1 Å². The Kier molecular flexibility index (Phi) is 3.59. The van der Waals surface area contributed by atoms with Crippen LogP contribution in [0.25, 0.3) is 22.3 Å². The standard InChI is InChI=1S/C19H14N2O/c1-13-11-17(18(12-20)19(22)21-13)16-10-6-5-9-15(16)14-7-3-2-4-8-14/h2-11H,1H3,(H,21,22). The Morgan fingerprint density at radius 3 is 2.23 bits per heavy atom. The van der Waals surface area contributed by atoms with Gasteiger partial charge in [-0.25, -0.2) is 0 Å². The lowest BCUT2D eigenvalue weighted by atomic mass is 9.92. The number of nitrogens with one attached hydrogen (secondary N) is 1. The maximum atomic E-state index is 12.0. The minimum atomic E-state index is -0.347. The molecule has 1 N–H and O–H groups in total. The summed E-state index contributed by atoms with van der Waals surface area (Å²) in [5, 5.41) is 9.34. The van der Waals surface area contributed by atoms with Gasteiger partial charge < -0.3 is 4.98 Å². The number of aromatic amines is 1. The minimum Gasteiger partial charge on any atom is -0.325 e. The van der Waals surface area contributed by atoms with E-state index in [4.69, 9.17) is 0 Å². The van der Waals surface area contributed by atoms with E-state index in [0.717, 1.165) is 22.4 Å². The number of aryl methyl sites for hydroxylation is 1. The second kappa shape index (κ2) is 5.71. The molecule has 3 rings (SSSR count). The molecule has 0 aliphatic rings. The number of aromatic nitrogens is 1. The Morgan fingerprint density at radius 1 is 0.909 bits per heavy atom. The summed E-state index contributed by atoms with van der Waals surface area (Å²) in [5.74, 6) is 0. The lowest BCUT2D eigenvalue weighted by molar-refractivity contribution is 1.13. The quantitative estimate of drug-likeness (QED) is 0.777. The Labute approximate surface area is 128 Å². The van der Waals surface area contributed by atoms with Crippen molar-refractivity contribution in [3.63, 3.8) is 0 Å². The van der Waals surface area contributed by atoms with Crippen molar-refractivity contribution in [1.82, 2.24) is 4.98 Å². The van der Waals surface area contributed by atoms with Crippen LogP contribution in [-0.2, 0) is 0 Å². The summed E-state index contributed by atoms with van der Waals surface area (Å²) in [6.07, 6.45) is 0. The van der Waals surface area contributed by atoms with Crippen molar-refractivity contribution in [2.45, 2.75) is 6.92 Å². The van der Waals surface area contributed by atoms with Crippen LogP contribution in [-0.4, -0.2) is 4.98 Å². The van der Waals surface area contributed by atoms with Crippen LogP contribution in [0.5, 0.6) is 0 Å². The predicted octanol–water partition coefficient (Wildman–Crippen LogP) is 3.89. The van der Waals surface area contributed by atoms with Gasteiger partial charge in [0.15, 0.2) is 0 Å². The Balaban J connectivity index is 2.32. The lowest BCUT2D eigenvalue weighted by Crippen LogP contribution is -2.12. The molecule has 0 saturated carbocycles. The van der Waals surface area contributed by atoms with Gasteiger partial charge in [-0.3, -0.25) is 4.79 Å². The fourth-order valence-electron chi connectivity index (χ4n) is 2.60. The van der Waals surface area contributed by atoms with E-state index in [1.165, 1.54) is 0 Å². The third-order valence-corrected chi connectivity index (χ3v) is 3.58. The highest BCUT2D eigenvalue weighted by Crippen LogP contribution is 2.32. The molecule has 0 radical (unpaired) electrons. The summed E-state index contributed by atoms with van der Waals surface area (Å²) in [6, 6.07) is 21.6. The lowest BCUT2D eigenvalue weighted by Gasteiger charge is -2.11. The third-order valence-electron chi connectivity index (χ3n) is 3.58. The highest BCUT2D eigenvalue weighted by Gasteiger charge is 2.14. The summed E-state index contributed by atoms with van der Waals surface area (Å²) in [5.41, 5.74) is 4.16. The Hall–Kier alpha value is -3.12. The van der Waals surface area contributed by atoms with Crippen LogP contribution in [0.15, 0.2) is 65.5 Å². The monoisotopic (exact) mass is 286 g/mol. The molecule has 0 atom stereocenters. The maximum absolute atomic E-state index is 12.0. The van der Waals surface area contributed by atoms with Crippen LogP contribution in [0, 0.1) is 18.3 Å². The number of rotatable bonds is 2. The van der Waals surface area contributed by atoms with Crippen molar-refractivity contribution in [3.05, 3.63) is 82.3 Å². The van der Waals surface area contributed by atoms with Crippen LogP contribution >= 0.6 is 0 Å². The molecule has 0 amide bonds. The molecule has 0 fully saturated rings. The molecule has 2 aromatic carbocycles. The average Bonchev–Trinajstić information content (AvgIpc) is 2.55. The van der Waals surface area contributed by atoms with Gasteiger partial charge in [0.1, 0.15) is 11.6 Å². The van der Waals surface area contributed by atoms with Gasteiger partial charge in [-0.05, 0) is 29.7 Å². The van der Waals surface area contributed by atoms with Crippen molar-refractivity contribution in [3.8, 4) is 28.3 Å². The topological polar surface area (TPSA) is 56.6 Å². The van der Waals surface area contributed by atoms with Crippen LogP contribution in [0.1, 0.15) is 11.3 Å². The molecule has 3 nitrogen and oxygen atoms in total. The van der Waals surface area contributed by atoms with Gasteiger partial charge in [0.05, 0.1) is 0 Å². The second-order valence-electron chi connectivity index (χ2n) is 5.09. The van der Waals surface area contributed by atoms with Crippen LogP contribution in [0.3, 0.4) is 0 Å². The number of hydrogen-bond acceptors (Lipinski definition) is 2. The van der Waals surface area contributed by atoms with Gasteiger partial charge in [-0.1, -0.05) is 54.6 Å². The van der Waals surface area contributed by atoms with E-state index >= 15 is 0 Å². The highest BCUT2D eigenvalue weighted by molar-refractivity contribution is 5.85. The Bertz CT molecular complexity index is 918. The molecule has 0 spiro atoms. The zero-order valence-corrected chi connectivity index (χ0v) is 12.1. The molecule has 22 heavy (non-hydrogen) atoms. The van der Waals surface area contributed by atoms with E-state index in [-0.39, 0.29) is 11.1 Å². The number of hydrogen-bond donors (Lipinski definition) is 1. The van der Waals surface area contributed by atoms with Gasteiger partial charge in [0.2, 0.25) is 0 Å². The molecular weight excluding hydrogens is 272 g/mol. The van der Waals surface area contributed by atoms with Gasteiger partial charge in [0, 0.05) is 11.3 Å². The summed E-state index contributed by atoms with van der Waals surface area (Å²) in [6.45, 7) is 1.82. The summed E-state index contributed by atoms with van der Waals surface area (Å²) >= 11 is 0. The number of H-pyrrole nitrogens is 1. The van der Waals surface area contributed by atoms with Crippen molar-refractivity contribution >= 4 is 0 Å². The van der Waals surface area contributed by atoms with Crippen LogP contribution in [0.2, 0.25) is 0 Å². The first-order chi connectivity index (χ1) is 10.7. The van der Waals surface area contributed by atoms with Crippen molar-refractivity contribution < 1.29 is 0 Å². The number of pyridine rings is 1. The van der Waals surface area contributed by atoms with Gasteiger partial charge in [-0.15, -0.1) is 0 Å². The zero-order chi connectivity index (χ0) is 15.5. The normalized spacial score (nSPS) is 10.2. The van der Waals surface area contributed by atoms with E-state index < -0.39 is 0 Å². The van der Waals surface area contributed by atoms with Gasteiger partial charge >= 0.3 is 0 Å². The molecule has 0 aliphatic carbocycles. The molecule has 106 valence electrons. The maximum Gasteiger partial charge on any atom is 0.266 e. The van der Waals surface area contributed by atoms with Gasteiger partial charge in [0.25, 0.3) is 5.56 Å². The molecule has 3 heteroatoms. The van der Waals surface area contributed by atoms with E-state index in [1.54, 1.807) is 0 Å². The summed E-state index contributed by atoms with van der Waals surface area (Å²) in [4.78, 5) is 14.7. The predicted molar refractivity (Wildman–Crippen MR) is 87.4 cm³/mol. The molecule has 1 heterocycles. The van der Waals surface area contributed by atoms with Crippen molar-refractivity contribution in [2.24, 2.45) is 0 Å². The molecular formula is C19H14N2O. The summed E-state index contributed by atoms with van der Waals surface area (Å²) < 4.78 is 0. The third kappa shape index (κ3) is 2.43. The first kappa shape index (κ1) is 13.8. The molecule has 3 aromatic rings. The summed E-state index contributed by atoms with van der Waals surface area (Å²) in [7, 11) is 0. The minimum absolute atomic E-state index is 0.147. The zero-order valence-electron chi connectivity index (χ0n) is 12.1. The first-order valence-electron chi connectivity index (χ1n) is 6.99. The van der Waals surface area contributed by atoms with E-state index in [0.29, 0.717) is 5.56 Å². The first-order valence-corrected chi connectivity index (χ1v) is 6.99. The smallest absolute Gasteiger partial charge is 0.266 e. The SMILES string of the molecule is Cc1cc(-c2ccccc2-c2ccccc2)c(C#N)c(=O)[nH]1. The van der Waals surface area contributed by atoms with E-state index in [2.05, 4.69) is 4.98 Å². The Morgan fingerprint density at radius 2 is 1.55 bits per heavy atom. The number of benzene rings is 2. The van der Waals surface area contributed by atoms with Gasteiger partial charge in [-0.2, -0.15) is 5.26 Å². The second-order valence-corrected chi connectivity index (χ2v) is 5.09. The van der Waals surface area contributed by atoms with Crippen LogP contribution < -0.4 is 5.56 Å². The molecule has 1 aromatic heterocycles. The molecule has 0 aliphatic heterocycles. The molecule has 0 unspecified atom stereocenters. The average molecular weight is 286 g/mol. The van der Waals surface area contributed by atoms with E-state index in [1.807, 2.05) is 73.7 Å². The van der Waals surface area contributed by atoms with Crippen LogP contribution in [0.4, 0.5) is 0 Å². The van der Waals surface area contributed by atoms with Crippen molar-refractivity contribution in [2.75, 3.05) is 0 Å². The fourth-order valence-corrected chi connectivity index (χ4v) is 2.60.